The lowest BCUT2D eigenvalue weighted by Gasteiger charge is -2.24. The molecule has 2 atom stereocenters. The summed E-state index contributed by atoms with van der Waals surface area (Å²) < 4.78 is 0. The molecular weight excluding hydrogens is 284 g/mol. The van der Waals surface area contributed by atoms with E-state index in [1.807, 2.05) is 23.1 Å². The molecule has 0 saturated heterocycles. The highest BCUT2D eigenvalue weighted by atomic mass is 35.5. The summed E-state index contributed by atoms with van der Waals surface area (Å²) in [7, 11) is 0. The molecule has 1 saturated carbocycles. The fourth-order valence-electron chi connectivity index (χ4n) is 2.76. The highest BCUT2D eigenvalue weighted by Crippen LogP contribution is 2.55. The Morgan fingerprint density at radius 3 is 2.57 bits per heavy atom. The van der Waals surface area contributed by atoms with Crippen molar-refractivity contribution in [1.82, 2.24) is 4.90 Å². The summed E-state index contributed by atoms with van der Waals surface area (Å²) in [6.07, 6.45) is 2.99. The maximum Gasteiger partial charge on any atom is 0.226 e. The van der Waals surface area contributed by atoms with Crippen molar-refractivity contribution in [3.05, 3.63) is 35.9 Å². The third kappa shape index (κ3) is 4.45. The first-order valence-electron chi connectivity index (χ1n) is 7.63. The standard InChI is InChI=1S/C17H26N2O.ClH/c1-3-17(2)12-15(17)16(20)19(11-7-10-18)13-14-8-5-4-6-9-14;/h4-6,8-9,15H,3,7,10-13,18H2,1-2H3;1H. The van der Waals surface area contributed by atoms with Crippen molar-refractivity contribution in [2.75, 3.05) is 13.1 Å². The van der Waals surface area contributed by atoms with E-state index in [2.05, 4.69) is 26.0 Å². The lowest BCUT2D eigenvalue weighted by Crippen LogP contribution is -2.34. The highest BCUT2D eigenvalue weighted by molar-refractivity contribution is 5.85. The Morgan fingerprint density at radius 2 is 2.05 bits per heavy atom. The van der Waals surface area contributed by atoms with Crippen LogP contribution in [0.2, 0.25) is 0 Å². The molecule has 3 nitrogen and oxygen atoms in total. The van der Waals surface area contributed by atoms with Gasteiger partial charge in [-0.3, -0.25) is 4.79 Å². The lowest BCUT2D eigenvalue weighted by molar-refractivity contribution is -0.134. The predicted octanol–water partition coefficient (Wildman–Crippen LogP) is 3.22. The van der Waals surface area contributed by atoms with E-state index in [-0.39, 0.29) is 23.7 Å². The van der Waals surface area contributed by atoms with Crippen LogP contribution in [0.25, 0.3) is 0 Å². The van der Waals surface area contributed by atoms with Gasteiger partial charge in [0.05, 0.1) is 0 Å². The van der Waals surface area contributed by atoms with Crippen molar-refractivity contribution >= 4 is 18.3 Å². The van der Waals surface area contributed by atoms with Gasteiger partial charge in [0.2, 0.25) is 5.91 Å². The van der Waals surface area contributed by atoms with E-state index in [1.165, 1.54) is 5.56 Å². The molecule has 2 rings (SSSR count). The summed E-state index contributed by atoms with van der Waals surface area (Å²) in [4.78, 5) is 14.7. The number of nitrogens with zero attached hydrogens (tertiary/aromatic N) is 1. The Balaban J connectivity index is 0.00000220. The van der Waals surface area contributed by atoms with Crippen molar-refractivity contribution in [2.24, 2.45) is 17.1 Å². The summed E-state index contributed by atoms with van der Waals surface area (Å²) in [6.45, 7) is 6.50. The maximum atomic E-state index is 12.7. The average Bonchev–Trinajstić information content (AvgIpc) is 3.16. The van der Waals surface area contributed by atoms with Crippen LogP contribution >= 0.6 is 12.4 Å². The second-order valence-corrected chi connectivity index (χ2v) is 6.15. The molecule has 1 fully saturated rings. The quantitative estimate of drug-likeness (QED) is 0.840. The number of carbonyl (C=O) groups is 1. The van der Waals surface area contributed by atoms with E-state index >= 15 is 0 Å². The van der Waals surface area contributed by atoms with Crippen LogP contribution in [-0.2, 0) is 11.3 Å². The van der Waals surface area contributed by atoms with Crippen LogP contribution in [0.3, 0.4) is 0 Å². The van der Waals surface area contributed by atoms with Crippen molar-refractivity contribution in [1.29, 1.82) is 0 Å². The van der Waals surface area contributed by atoms with Gasteiger partial charge in [0.1, 0.15) is 0 Å². The average molecular weight is 311 g/mol. The minimum atomic E-state index is 0. The number of rotatable bonds is 7. The summed E-state index contributed by atoms with van der Waals surface area (Å²) in [5, 5.41) is 0. The number of benzene rings is 1. The fourth-order valence-corrected chi connectivity index (χ4v) is 2.76. The van der Waals surface area contributed by atoms with Crippen LogP contribution in [0.5, 0.6) is 0 Å². The van der Waals surface area contributed by atoms with Crippen LogP contribution in [0.4, 0.5) is 0 Å². The molecule has 4 heteroatoms. The number of halogens is 1. The van der Waals surface area contributed by atoms with Crippen molar-refractivity contribution in [3.63, 3.8) is 0 Å². The minimum absolute atomic E-state index is 0. The van der Waals surface area contributed by atoms with Crippen molar-refractivity contribution in [3.8, 4) is 0 Å². The highest BCUT2D eigenvalue weighted by Gasteiger charge is 2.53. The van der Waals surface area contributed by atoms with E-state index in [1.54, 1.807) is 0 Å². The Labute approximate surface area is 134 Å². The Hall–Kier alpha value is -1.06. The number of nitrogens with two attached hydrogens (primary N) is 1. The van der Waals surface area contributed by atoms with Gasteiger partial charge in [-0.1, -0.05) is 44.2 Å². The van der Waals surface area contributed by atoms with Crippen LogP contribution in [-0.4, -0.2) is 23.9 Å². The molecule has 0 spiro atoms. The molecule has 1 aromatic carbocycles. The van der Waals surface area contributed by atoms with E-state index in [4.69, 9.17) is 5.73 Å². The topological polar surface area (TPSA) is 46.3 Å². The van der Waals surface area contributed by atoms with Gasteiger partial charge in [0, 0.05) is 19.0 Å². The summed E-state index contributed by atoms with van der Waals surface area (Å²) in [5.41, 5.74) is 7.03. The molecule has 0 heterocycles. The molecule has 1 amide bonds. The first-order valence-corrected chi connectivity index (χ1v) is 7.63. The van der Waals surface area contributed by atoms with Crippen LogP contribution in [0.15, 0.2) is 30.3 Å². The zero-order valence-corrected chi connectivity index (χ0v) is 13.9. The zero-order chi connectivity index (χ0) is 14.6. The van der Waals surface area contributed by atoms with Crippen molar-refractivity contribution < 1.29 is 4.79 Å². The van der Waals surface area contributed by atoms with Gasteiger partial charge in [-0.05, 0) is 36.8 Å². The van der Waals surface area contributed by atoms with Gasteiger partial charge in [-0.25, -0.2) is 0 Å². The Morgan fingerprint density at radius 1 is 1.38 bits per heavy atom. The molecule has 2 unspecified atom stereocenters. The smallest absolute Gasteiger partial charge is 0.226 e. The molecule has 1 aliphatic rings. The molecule has 0 bridgehead atoms. The molecule has 118 valence electrons. The van der Waals surface area contributed by atoms with E-state index < -0.39 is 0 Å². The second kappa shape index (κ2) is 7.81. The van der Waals surface area contributed by atoms with Gasteiger partial charge in [0.15, 0.2) is 0 Å². The van der Waals surface area contributed by atoms with Gasteiger partial charge in [-0.2, -0.15) is 0 Å². The largest absolute Gasteiger partial charge is 0.338 e. The number of amides is 1. The van der Waals surface area contributed by atoms with Gasteiger partial charge >= 0.3 is 0 Å². The second-order valence-electron chi connectivity index (χ2n) is 6.15. The normalized spacial score (nSPS) is 23.3. The first kappa shape index (κ1) is 18.0. The molecule has 0 aromatic heterocycles. The zero-order valence-electron chi connectivity index (χ0n) is 13.0. The summed E-state index contributed by atoms with van der Waals surface area (Å²) in [6, 6.07) is 10.2. The van der Waals surface area contributed by atoms with E-state index in [0.29, 0.717) is 19.0 Å². The van der Waals surface area contributed by atoms with Crippen molar-refractivity contribution in [2.45, 2.75) is 39.7 Å². The van der Waals surface area contributed by atoms with E-state index in [9.17, 15) is 4.79 Å². The molecule has 0 radical (unpaired) electrons. The van der Waals surface area contributed by atoms with Gasteiger partial charge in [0.25, 0.3) is 0 Å². The predicted molar refractivity (Wildman–Crippen MR) is 89.3 cm³/mol. The van der Waals surface area contributed by atoms with E-state index in [0.717, 1.165) is 25.8 Å². The number of hydrogen-bond donors (Lipinski definition) is 1. The molecule has 1 aliphatic carbocycles. The molecule has 1 aromatic rings. The van der Waals surface area contributed by atoms with Gasteiger partial charge in [-0.15, -0.1) is 12.4 Å². The minimum Gasteiger partial charge on any atom is -0.338 e. The number of carbonyl (C=O) groups excluding carboxylic acids is 1. The maximum absolute atomic E-state index is 12.7. The third-order valence-electron chi connectivity index (χ3n) is 4.62. The number of hydrogen-bond acceptors (Lipinski definition) is 2. The SMILES string of the molecule is CCC1(C)CC1C(=O)N(CCCN)Cc1ccccc1.Cl. The molecular formula is C17H27ClN2O. The molecule has 0 aliphatic heterocycles. The fraction of sp³-hybridized carbons (Fsp3) is 0.588. The molecule has 21 heavy (non-hydrogen) atoms. The molecule has 2 N–H and O–H groups in total. The third-order valence-corrected chi connectivity index (χ3v) is 4.62. The Kier molecular flexibility index (Phi) is 6.69. The summed E-state index contributed by atoms with van der Waals surface area (Å²) >= 11 is 0. The first-order chi connectivity index (χ1) is 9.60. The lowest BCUT2D eigenvalue weighted by atomic mass is 10.0. The van der Waals surface area contributed by atoms with Crippen LogP contribution in [0.1, 0.15) is 38.7 Å². The van der Waals surface area contributed by atoms with Crippen LogP contribution in [0, 0.1) is 11.3 Å². The summed E-state index contributed by atoms with van der Waals surface area (Å²) in [5.74, 6) is 0.528. The van der Waals surface area contributed by atoms with Gasteiger partial charge < -0.3 is 10.6 Å². The Bertz CT molecular complexity index is 451. The monoisotopic (exact) mass is 310 g/mol. The van der Waals surface area contributed by atoms with Crippen LogP contribution < -0.4 is 5.73 Å².